The van der Waals surface area contributed by atoms with Crippen LogP contribution in [0.5, 0.6) is 5.75 Å². The fourth-order valence-electron chi connectivity index (χ4n) is 1.70. The Kier molecular flexibility index (Phi) is 4.03. The fourth-order valence-corrected chi connectivity index (χ4v) is 1.70. The van der Waals surface area contributed by atoms with Gasteiger partial charge in [-0.05, 0) is 17.7 Å². The summed E-state index contributed by atoms with van der Waals surface area (Å²) >= 11 is 0. The van der Waals surface area contributed by atoms with E-state index in [0.29, 0.717) is 17.0 Å². The third-order valence-corrected chi connectivity index (χ3v) is 2.72. The van der Waals surface area contributed by atoms with E-state index < -0.39 is 5.97 Å². The molecular weight excluding hydrogens is 242 g/mol. The van der Waals surface area contributed by atoms with E-state index in [-0.39, 0.29) is 6.61 Å². The topological polar surface area (TPSA) is 61.5 Å². The number of carbonyl (C=O) groups excluding carboxylic acids is 1. The van der Waals surface area contributed by atoms with Crippen LogP contribution in [0.1, 0.15) is 15.9 Å². The maximum atomic E-state index is 11.9. The van der Waals surface area contributed by atoms with Crippen LogP contribution in [0, 0.1) is 0 Å². The van der Waals surface area contributed by atoms with Crippen molar-refractivity contribution in [3.8, 4) is 5.75 Å². The zero-order valence-corrected chi connectivity index (χ0v) is 10.6. The number of esters is 1. The van der Waals surface area contributed by atoms with Crippen molar-refractivity contribution < 1.29 is 14.3 Å². The smallest absolute Gasteiger partial charge is 0.340 e. The molecule has 0 radical (unpaired) electrons. The molecule has 0 bridgehead atoms. The summed E-state index contributed by atoms with van der Waals surface area (Å²) in [7, 11) is 1.50. The summed E-state index contributed by atoms with van der Waals surface area (Å²) in [6, 6.07) is 14.5. The molecule has 4 heteroatoms. The molecule has 0 aliphatic rings. The van der Waals surface area contributed by atoms with E-state index in [0.717, 1.165) is 5.56 Å². The average molecular weight is 257 g/mol. The van der Waals surface area contributed by atoms with Crippen molar-refractivity contribution >= 4 is 11.7 Å². The number of rotatable bonds is 4. The van der Waals surface area contributed by atoms with Crippen LogP contribution >= 0.6 is 0 Å². The highest BCUT2D eigenvalue weighted by atomic mass is 16.5. The van der Waals surface area contributed by atoms with Crippen LogP contribution in [0.25, 0.3) is 0 Å². The van der Waals surface area contributed by atoms with E-state index >= 15 is 0 Å². The lowest BCUT2D eigenvalue weighted by atomic mass is 10.1. The van der Waals surface area contributed by atoms with Gasteiger partial charge in [-0.25, -0.2) is 4.79 Å². The zero-order valence-electron chi connectivity index (χ0n) is 10.6. The number of ether oxygens (including phenoxy) is 2. The Balaban J connectivity index is 2.08. The quantitative estimate of drug-likeness (QED) is 0.675. The number of hydrogen-bond donors (Lipinski definition) is 1. The second-order valence-corrected chi connectivity index (χ2v) is 3.98. The monoisotopic (exact) mass is 257 g/mol. The lowest BCUT2D eigenvalue weighted by Crippen LogP contribution is -2.09. The lowest BCUT2D eigenvalue weighted by Gasteiger charge is -2.09. The molecule has 4 nitrogen and oxygen atoms in total. The number of nitrogen functional groups attached to an aromatic ring is 1. The minimum absolute atomic E-state index is 0.219. The molecule has 0 unspecified atom stereocenters. The molecule has 19 heavy (non-hydrogen) atoms. The van der Waals surface area contributed by atoms with Crippen molar-refractivity contribution in [2.75, 3.05) is 12.8 Å². The van der Waals surface area contributed by atoms with Gasteiger partial charge in [-0.1, -0.05) is 36.4 Å². The van der Waals surface area contributed by atoms with Crippen LogP contribution in [0.2, 0.25) is 0 Å². The molecule has 0 atom stereocenters. The molecule has 0 aliphatic carbocycles. The van der Waals surface area contributed by atoms with Crippen LogP contribution in [-0.2, 0) is 11.3 Å². The molecule has 2 aromatic rings. The van der Waals surface area contributed by atoms with Gasteiger partial charge < -0.3 is 15.2 Å². The number of methoxy groups -OCH3 is 1. The van der Waals surface area contributed by atoms with Gasteiger partial charge in [0.2, 0.25) is 0 Å². The average Bonchev–Trinajstić information content (AvgIpc) is 2.46. The van der Waals surface area contributed by atoms with E-state index in [9.17, 15) is 4.79 Å². The predicted molar refractivity (Wildman–Crippen MR) is 73.0 cm³/mol. The highest BCUT2D eigenvalue weighted by Crippen LogP contribution is 2.25. The number of hydrogen-bond acceptors (Lipinski definition) is 4. The number of para-hydroxylation sites is 1. The summed E-state index contributed by atoms with van der Waals surface area (Å²) in [5.41, 5.74) is 7.38. The SMILES string of the molecule is COc1cccc(C(=O)OCc2ccccc2)c1N. The number of anilines is 1. The first-order valence-electron chi connectivity index (χ1n) is 5.86. The van der Waals surface area contributed by atoms with Gasteiger partial charge in [0.15, 0.2) is 0 Å². The molecule has 0 aliphatic heterocycles. The van der Waals surface area contributed by atoms with Gasteiger partial charge in [0.05, 0.1) is 18.4 Å². The summed E-state index contributed by atoms with van der Waals surface area (Å²) in [5.74, 6) is 0.00872. The first kappa shape index (κ1) is 13.0. The molecule has 0 heterocycles. The maximum Gasteiger partial charge on any atom is 0.340 e. The lowest BCUT2D eigenvalue weighted by molar-refractivity contribution is 0.0473. The predicted octanol–water partition coefficient (Wildman–Crippen LogP) is 2.63. The highest BCUT2D eigenvalue weighted by molar-refractivity contribution is 5.96. The van der Waals surface area contributed by atoms with Crippen LogP contribution in [0.4, 0.5) is 5.69 Å². The zero-order chi connectivity index (χ0) is 13.7. The van der Waals surface area contributed by atoms with Gasteiger partial charge in [0.25, 0.3) is 0 Å². The Morgan fingerprint density at radius 3 is 2.53 bits per heavy atom. The summed E-state index contributed by atoms with van der Waals surface area (Å²) in [6.07, 6.45) is 0. The summed E-state index contributed by atoms with van der Waals surface area (Å²) in [6.45, 7) is 0.219. The Bertz CT molecular complexity index is 567. The van der Waals surface area contributed by atoms with Crippen LogP contribution < -0.4 is 10.5 Å². The third kappa shape index (κ3) is 3.04. The molecule has 0 fully saturated rings. The van der Waals surface area contributed by atoms with Gasteiger partial charge in [-0.15, -0.1) is 0 Å². The summed E-state index contributed by atoms with van der Waals surface area (Å²) < 4.78 is 10.3. The minimum Gasteiger partial charge on any atom is -0.495 e. The first-order valence-corrected chi connectivity index (χ1v) is 5.86. The molecular formula is C15H15NO3. The van der Waals surface area contributed by atoms with E-state index in [1.165, 1.54) is 7.11 Å². The normalized spacial score (nSPS) is 9.95. The van der Waals surface area contributed by atoms with Crippen molar-refractivity contribution in [3.63, 3.8) is 0 Å². The Hall–Kier alpha value is -2.49. The van der Waals surface area contributed by atoms with Gasteiger partial charge in [-0.2, -0.15) is 0 Å². The van der Waals surface area contributed by atoms with Gasteiger partial charge in [0.1, 0.15) is 12.4 Å². The maximum absolute atomic E-state index is 11.9. The van der Waals surface area contributed by atoms with E-state index in [1.54, 1.807) is 18.2 Å². The second kappa shape index (κ2) is 5.91. The van der Waals surface area contributed by atoms with E-state index in [4.69, 9.17) is 15.2 Å². The van der Waals surface area contributed by atoms with Gasteiger partial charge >= 0.3 is 5.97 Å². The van der Waals surface area contributed by atoms with Crippen LogP contribution in [0.15, 0.2) is 48.5 Å². The molecule has 2 N–H and O–H groups in total. The molecule has 0 saturated heterocycles. The largest absolute Gasteiger partial charge is 0.495 e. The van der Waals surface area contributed by atoms with Gasteiger partial charge in [-0.3, -0.25) is 0 Å². The minimum atomic E-state index is -0.458. The fraction of sp³-hybridized carbons (Fsp3) is 0.133. The summed E-state index contributed by atoms with van der Waals surface area (Å²) in [5, 5.41) is 0. The van der Waals surface area contributed by atoms with E-state index in [2.05, 4.69) is 0 Å². The highest BCUT2D eigenvalue weighted by Gasteiger charge is 2.14. The van der Waals surface area contributed by atoms with Crippen LogP contribution in [-0.4, -0.2) is 13.1 Å². The molecule has 2 rings (SSSR count). The Morgan fingerprint density at radius 1 is 1.11 bits per heavy atom. The molecule has 0 aromatic heterocycles. The van der Waals surface area contributed by atoms with Crippen molar-refractivity contribution in [2.24, 2.45) is 0 Å². The standard InChI is InChI=1S/C15H15NO3/c1-18-13-9-5-8-12(14(13)16)15(17)19-10-11-6-3-2-4-7-11/h2-9H,10,16H2,1H3. The van der Waals surface area contributed by atoms with Gasteiger partial charge in [0, 0.05) is 0 Å². The van der Waals surface area contributed by atoms with Crippen LogP contribution in [0.3, 0.4) is 0 Å². The van der Waals surface area contributed by atoms with Crippen molar-refractivity contribution in [3.05, 3.63) is 59.7 Å². The Labute approximate surface area is 111 Å². The molecule has 0 spiro atoms. The summed E-state index contributed by atoms with van der Waals surface area (Å²) in [4.78, 5) is 11.9. The molecule has 98 valence electrons. The third-order valence-electron chi connectivity index (χ3n) is 2.72. The second-order valence-electron chi connectivity index (χ2n) is 3.98. The number of carbonyl (C=O) groups is 1. The molecule has 2 aromatic carbocycles. The van der Waals surface area contributed by atoms with Crippen molar-refractivity contribution in [1.82, 2.24) is 0 Å². The van der Waals surface area contributed by atoms with Crippen molar-refractivity contribution in [1.29, 1.82) is 0 Å². The molecule has 0 amide bonds. The first-order chi connectivity index (χ1) is 9.22. The number of nitrogens with two attached hydrogens (primary N) is 1. The Morgan fingerprint density at radius 2 is 1.84 bits per heavy atom. The molecule has 0 saturated carbocycles. The number of benzene rings is 2. The van der Waals surface area contributed by atoms with E-state index in [1.807, 2.05) is 30.3 Å². The van der Waals surface area contributed by atoms with Crippen molar-refractivity contribution in [2.45, 2.75) is 6.61 Å².